The molecular formula is C43H25N3. The molecule has 7 aromatic carbocycles. The molecule has 212 valence electrons. The topological polar surface area (TPSA) is 22.2 Å². The highest BCUT2D eigenvalue weighted by Crippen LogP contribution is 2.48. The van der Waals surface area contributed by atoms with Gasteiger partial charge in [0.1, 0.15) is 5.82 Å². The molecule has 4 heterocycles. The second-order valence-electron chi connectivity index (χ2n) is 12.4. The number of hydrogen-bond acceptors (Lipinski definition) is 1. The summed E-state index contributed by atoms with van der Waals surface area (Å²) < 4.78 is 4.98. The van der Waals surface area contributed by atoms with Crippen molar-refractivity contribution in [3.05, 3.63) is 152 Å². The fraction of sp³-hybridized carbons (Fsp3) is 0. The van der Waals surface area contributed by atoms with E-state index in [1.807, 2.05) is 0 Å². The molecule has 0 unspecified atom stereocenters. The smallest absolute Gasteiger partial charge is 0.139 e. The van der Waals surface area contributed by atoms with Crippen LogP contribution in [0.15, 0.2) is 152 Å². The van der Waals surface area contributed by atoms with Crippen LogP contribution in [-0.2, 0) is 0 Å². The molecule has 4 aromatic heterocycles. The Morgan fingerprint density at radius 2 is 1.04 bits per heavy atom. The van der Waals surface area contributed by atoms with E-state index >= 15 is 0 Å². The lowest BCUT2D eigenvalue weighted by Crippen LogP contribution is -2.00. The lowest BCUT2D eigenvalue weighted by atomic mass is 10.0. The van der Waals surface area contributed by atoms with Crippen molar-refractivity contribution in [3.8, 4) is 17.1 Å². The number of hydrogen-bond donors (Lipinski definition) is 0. The van der Waals surface area contributed by atoms with Crippen LogP contribution in [0.25, 0.3) is 98.5 Å². The zero-order chi connectivity index (χ0) is 29.9. The largest absolute Gasteiger partial charge is 0.306 e. The summed E-state index contributed by atoms with van der Waals surface area (Å²) in [5.74, 6) is 0.927. The van der Waals surface area contributed by atoms with Crippen LogP contribution in [0.4, 0.5) is 0 Å². The van der Waals surface area contributed by atoms with Crippen molar-refractivity contribution in [2.45, 2.75) is 0 Å². The van der Waals surface area contributed by atoms with Crippen LogP contribution in [0.1, 0.15) is 0 Å². The zero-order valence-electron chi connectivity index (χ0n) is 24.8. The standard InChI is InChI=1S/C43H25N3/c1-2-13-27(14-3-1)39-31-18-8-6-16-29(31)25-37(44-39)46-40-32-19-9-4-12-26(32)22-23-34(40)42-43(46)35-24-28-15-5-7-17-30(28)38-33-20-10-11-21-36(33)45(42)41(35)38/h1-25H. The van der Waals surface area contributed by atoms with Gasteiger partial charge in [-0.05, 0) is 39.7 Å². The molecule has 0 radical (unpaired) electrons. The summed E-state index contributed by atoms with van der Waals surface area (Å²) in [6.07, 6.45) is 0. The van der Waals surface area contributed by atoms with Gasteiger partial charge >= 0.3 is 0 Å². The van der Waals surface area contributed by atoms with Crippen LogP contribution >= 0.6 is 0 Å². The number of aromatic nitrogens is 3. The summed E-state index contributed by atoms with van der Waals surface area (Å²) in [5, 5.41) is 12.4. The molecule has 0 N–H and O–H groups in total. The first-order valence-electron chi connectivity index (χ1n) is 15.8. The molecular weight excluding hydrogens is 558 g/mol. The first-order valence-corrected chi connectivity index (χ1v) is 15.8. The quantitative estimate of drug-likeness (QED) is 0.198. The Kier molecular flexibility index (Phi) is 4.58. The fourth-order valence-corrected chi connectivity index (χ4v) is 8.11. The maximum Gasteiger partial charge on any atom is 0.139 e. The second kappa shape index (κ2) is 8.71. The minimum atomic E-state index is 0.927. The number of benzene rings is 7. The van der Waals surface area contributed by atoms with Crippen molar-refractivity contribution in [1.29, 1.82) is 0 Å². The van der Waals surface area contributed by atoms with Crippen LogP contribution in [0, 0.1) is 0 Å². The van der Waals surface area contributed by atoms with Crippen LogP contribution in [0.3, 0.4) is 0 Å². The highest BCUT2D eigenvalue weighted by atomic mass is 15.1. The van der Waals surface area contributed by atoms with Crippen LogP contribution in [0.2, 0.25) is 0 Å². The van der Waals surface area contributed by atoms with E-state index in [-0.39, 0.29) is 0 Å². The number of nitrogens with zero attached hydrogens (tertiary/aromatic N) is 3. The van der Waals surface area contributed by atoms with Crippen molar-refractivity contribution in [1.82, 2.24) is 14.0 Å². The molecule has 3 nitrogen and oxygen atoms in total. The zero-order valence-corrected chi connectivity index (χ0v) is 24.8. The lowest BCUT2D eigenvalue weighted by Gasteiger charge is -2.14. The van der Waals surface area contributed by atoms with Crippen molar-refractivity contribution in [3.63, 3.8) is 0 Å². The first-order chi connectivity index (χ1) is 22.8. The summed E-state index contributed by atoms with van der Waals surface area (Å²) in [5.41, 5.74) is 8.24. The molecule has 0 saturated carbocycles. The molecule has 46 heavy (non-hydrogen) atoms. The van der Waals surface area contributed by atoms with E-state index in [4.69, 9.17) is 4.98 Å². The van der Waals surface area contributed by atoms with Gasteiger partial charge in [-0.2, -0.15) is 0 Å². The van der Waals surface area contributed by atoms with Crippen LogP contribution < -0.4 is 0 Å². The Labute approximate surface area is 263 Å². The molecule has 0 amide bonds. The van der Waals surface area contributed by atoms with Gasteiger partial charge in [0, 0.05) is 37.9 Å². The molecule has 0 fully saturated rings. The van der Waals surface area contributed by atoms with E-state index in [9.17, 15) is 0 Å². The van der Waals surface area contributed by atoms with Crippen molar-refractivity contribution >= 4 is 81.4 Å². The normalized spacial score (nSPS) is 12.3. The van der Waals surface area contributed by atoms with Gasteiger partial charge in [0.25, 0.3) is 0 Å². The van der Waals surface area contributed by atoms with E-state index in [0.717, 1.165) is 22.5 Å². The summed E-state index contributed by atoms with van der Waals surface area (Å²) in [6.45, 7) is 0. The number of para-hydroxylation sites is 1. The van der Waals surface area contributed by atoms with Gasteiger partial charge in [0.05, 0.1) is 33.3 Å². The van der Waals surface area contributed by atoms with Crippen molar-refractivity contribution in [2.24, 2.45) is 0 Å². The maximum absolute atomic E-state index is 5.54. The van der Waals surface area contributed by atoms with E-state index in [2.05, 4.69) is 161 Å². The average molecular weight is 584 g/mol. The van der Waals surface area contributed by atoms with Gasteiger partial charge in [-0.15, -0.1) is 0 Å². The highest BCUT2D eigenvalue weighted by molar-refractivity contribution is 6.34. The molecule has 0 bridgehead atoms. The average Bonchev–Trinajstić information content (AvgIpc) is 3.76. The maximum atomic E-state index is 5.54. The van der Waals surface area contributed by atoms with Crippen molar-refractivity contribution < 1.29 is 0 Å². The van der Waals surface area contributed by atoms with E-state index in [0.29, 0.717) is 0 Å². The third-order valence-corrected chi connectivity index (χ3v) is 9.97. The molecule has 0 atom stereocenters. The molecule has 3 heteroatoms. The SMILES string of the molecule is c1ccc(-c2nc(-n3c4c5ccccc5ccc4c4c3c3cc5ccccc5c5c6ccccc6n4c35)cc3ccccc23)cc1. The van der Waals surface area contributed by atoms with E-state index in [1.165, 1.54) is 76.1 Å². The summed E-state index contributed by atoms with van der Waals surface area (Å²) in [7, 11) is 0. The molecule has 0 spiro atoms. The summed E-state index contributed by atoms with van der Waals surface area (Å²) in [6, 6.07) is 54.9. The van der Waals surface area contributed by atoms with Gasteiger partial charge in [0.15, 0.2) is 0 Å². The Morgan fingerprint density at radius 1 is 0.391 bits per heavy atom. The van der Waals surface area contributed by atoms with Crippen LogP contribution in [-0.4, -0.2) is 14.0 Å². The first kappa shape index (κ1) is 24.2. The van der Waals surface area contributed by atoms with Crippen molar-refractivity contribution in [2.75, 3.05) is 0 Å². The lowest BCUT2D eigenvalue weighted by molar-refractivity contribution is 1.10. The Bertz CT molecular complexity index is 3020. The molecule has 0 saturated heterocycles. The highest BCUT2D eigenvalue weighted by Gasteiger charge is 2.27. The Balaban J connectivity index is 1.44. The Hall–Kier alpha value is -6.19. The minimum Gasteiger partial charge on any atom is -0.306 e. The third-order valence-electron chi connectivity index (χ3n) is 9.97. The van der Waals surface area contributed by atoms with Crippen LogP contribution in [0.5, 0.6) is 0 Å². The fourth-order valence-electron chi connectivity index (χ4n) is 8.11. The number of rotatable bonds is 2. The molecule has 11 aromatic rings. The molecule has 11 rings (SSSR count). The monoisotopic (exact) mass is 583 g/mol. The summed E-state index contributed by atoms with van der Waals surface area (Å²) in [4.78, 5) is 5.54. The predicted octanol–water partition coefficient (Wildman–Crippen LogP) is 11.3. The predicted molar refractivity (Wildman–Crippen MR) is 194 cm³/mol. The minimum absolute atomic E-state index is 0.927. The third kappa shape index (κ3) is 2.99. The van der Waals surface area contributed by atoms with E-state index in [1.54, 1.807) is 0 Å². The molecule has 0 aliphatic heterocycles. The van der Waals surface area contributed by atoms with Gasteiger partial charge in [-0.25, -0.2) is 4.98 Å². The Morgan fingerprint density at radius 3 is 1.87 bits per heavy atom. The number of fused-ring (bicyclic) bond motifs is 13. The molecule has 0 aliphatic rings. The van der Waals surface area contributed by atoms with Gasteiger partial charge < -0.3 is 4.40 Å². The van der Waals surface area contributed by atoms with Gasteiger partial charge in [-0.3, -0.25) is 4.57 Å². The number of pyridine rings is 1. The van der Waals surface area contributed by atoms with Gasteiger partial charge in [-0.1, -0.05) is 133 Å². The molecule has 0 aliphatic carbocycles. The second-order valence-corrected chi connectivity index (χ2v) is 12.4. The summed E-state index contributed by atoms with van der Waals surface area (Å²) >= 11 is 0. The van der Waals surface area contributed by atoms with Gasteiger partial charge in [0.2, 0.25) is 0 Å². The van der Waals surface area contributed by atoms with E-state index < -0.39 is 0 Å².